The van der Waals surface area contributed by atoms with Crippen molar-refractivity contribution in [3.05, 3.63) is 58.6 Å². The number of rotatable bonds is 10. The number of hydrogen-bond donors (Lipinski definition) is 2. The normalized spacial score (nSPS) is 16.0. The highest BCUT2D eigenvalue weighted by Gasteiger charge is 2.19. The summed E-state index contributed by atoms with van der Waals surface area (Å²) >= 11 is 1.67. The maximum Gasteiger partial charge on any atom is 0.272 e. The van der Waals surface area contributed by atoms with Gasteiger partial charge in [0, 0.05) is 54.1 Å². The molecule has 9 nitrogen and oxygen atoms in total. The number of primary sulfonamides is 1. The van der Waals surface area contributed by atoms with Gasteiger partial charge in [-0.05, 0) is 24.6 Å². The molecule has 3 N–H and O–H groups in total. The number of nitrogens with one attached hydrogen (secondary N) is 1. The molecule has 1 aliphatic rings. The summed E-state index contributed by atoms with van der Waals surface area (Å²) < 4.78 is 29.0. The van der Waals surface area contributed by atoms with Crippen molar-refractivity contribution in [1.82, 2.24) is 4.90 Å². The van der Waals surface area contributed by atoms with Crippen molar-refractivity contribution >= 4 is 33.2 Å². The van der Waals surface area contributed by atoms with Crippen LogP contribution in [0, 0.1) is 10.1 Å². The molecule has 0 spiro atoms. The van der Waals surface area contributed by atoms with Gasteiger partial charge in [0.05, 0.1) is 23.0 Å². The molecule has 1 fully saturated rings. The molecule has 0 bridgehead atoms. The van der Waals surface area contributed by atoms with Crippen molar-refractivity contribution < 1.29 is 18.1 Å². The van der Waals surface area contributed by atoms with Crippen LogP contribution in [-0.2, 0) is 14.8 Å². The second kappa shape index (κ2) is 10.9. The van der Waals surface area contributed by atoms with E-state index in [2.05, 4.69) is 10.2 Å². The summed E-state index contributed by atoms with van der Waals surface area (Å²) in [5.41, 5.74) is 0.0375. The summed E-state index contributed by atoms with van der Waals surface area (Å²) in [5.74, 6) is 0.710. The third-order valence-electron chi connectivity index (χ3n) is 4.89. The molecule has 0 aromatic heterocycles. The molecule has 0 radical (unpaired) electrons. The number of sulfonamides is 1. The fraction of sp³-hybridized carbons (Fsp3) is 0.400. The molecule has 1 saturated heterocycles. The molecule has 11 heteroatoms. The van der Waals surface area contributed by atoms with E-state index < -0.39 is 14.9 Å². The molecule has 2 aromatic rings. The largest absolute Gasteiger partial charge is 0.381 e. The van der Waals surface area contributed by atoms with Crippen LogP contribution in [0.2, 0.25) is 0 Å². The first-order valence-electron chi connectivity index (χ1n) is 9.88. The Labute approximate surface area is 186 Å². The Morgan fingerprint density at radius 1 is 1.19 bits per heavy atom. The third kappa shape index (κ3) is 7.47. The number of morpholine rings is 1. The van der Waals surface area contributed by atoms with Gasteiger partial charge in [-0.1, -0.05) is 18.2 Å². The maximum absolute atomic E-state index is 11.8. The van der Waals surface area contributed by atoms with Gasteiger partial charge in [-0.15, -0.1) is 11.8 Å². The molecule has 168 valence electrons. The zero-order valence-corrected chi connectivity index (χ0v) is 18.6. The van der Waals surface area contributed by atoms with Crippen molar-refractivity contribution in [2.45, 2.75) is 22.3 Å². The van der Waals surface area contributed by atoms with Crippen LogP contribution in [0.5, 0.6) is 0 Å². The number of nitro benzene ring substituents is 1. The molecule has 31 heavy (non-hydrogen) atoms. The molecule has 2 aromatic carbocycles. The van der Waals surface area contributed by atoms with Gasteiger partial charge in [0.1, 0.15) is 0 Å². The van der Waals surface area contributed by atoms with Crippen LogP contribution in [0.1, 0.15) is 6.42 Å². The van der Waals surface area contributed by atoms with Gasteiger partial charge >= 0.3 is 0 Å². The fourth-order valence-corrected chi connectivity index (χ4v) is 4.82. The maximum atomic E-state index is 11.8. The van der Waals surface area contributed by atoms with Crippen molar-refractivity contribution in [3.63, 3.8) is 0 Å². The highest BCUT2D eigenvalue weighted by molar-refractivity contribution is 7.99. The molecular weight excluding hydrogens is 440 g/mol. The smallest absolute Gasteiger partial charge is 0.272 e. The molecular formula is C20H26N4O5S2. The highest BCUT2D eigenvalue weighted by Crippen LogP contribution is 2.26. The Morgan fingerprint density at radius 3 is 2.55 bits per heavy atom. The van der Waals surface area contributed by atoms with E-state index in [4.69, 9.17) is 9.88 Å². The topological polar surface area (TPSA) is 128 Å². The number of thioether (sulfide) groups is 1. The van der Waals surface area contributed by atoms with E-state index in [0.29, 0.717) is 24.7 Å². The van der Waals surface area contributed by atoms with Crippen molar-refractivity contribution in [1.29, 1.82) is 0 Å². The standard InChI is InChI=1S/C20H26N4O5S2/c21-31(27,28)20-13-17(12-18(14-20)24(25)26)22-16(6-7-23-8-10-29-11-9-23)15-30-19-4-2-1-3-5-19/h1-5,12-14,16,22H,6-11,15H2,(H2,21,27,28)/t16-/m1/s1. The lowest BCUT2D eigenvalue weighted by molar-refractivity contribution is -0.385. The summed E-state index contributed by atoms with van der Waals surface area (Å²) in [6, 6.07) is 13.6. The minimum absolute atomic E-state index is 0.0385. The Kier molecular flexibility index (Phi) is 8.27. The third-order valence-corrected chi connectivity index (χ3v) is 6.96. The number of benzene rings is 2. The Bertz CT molecular complexity index is 982. The van der Waals surface area contributed by atoms with Crippen LogP contribution >= 0.6 is 11.8 Å². The monoisotopic (exact) mass is 466 g/mol. The summed E-state index contributed by atoms with van der Waals surface area (Å²) in [5, 5.41) is 19.8. The first kappa shape index (κ1) is 23.5. The van der Waals surface area contributed by atoms with Crippen molar-refractivity contribution in [2.24, 2.45) is 5.14 Å². The molecule has 1 heterocycles. The second-order valence-corrected chi connectivity index (χ2v) is 9.88. The lowest BCUT2D eigenvalue weighted by atomic mass is 10.2. The summed E-state index contributed by atoms with van der Waals surface area (Å²) in [7, 11) is -4.07. The van der Waals surface area contributed by atoms with Crippen LogP contribution in [0.25, 0.3) is 0 Å². The zero-order valence-electron chi connectivity index (χ0n) is 17.0. The van der Waals surface area contributed by atoms with Gasteiger partial charge in [0.25, 0.3) is 5.69 Å². The van der Waals surface area contributed by atoms with Gasteiger partial charge in [0.2, 0.25) is 10.0 Å². The Hall–Kier alpha value is -2.18. The zero-order chi connectivity index (χ0) is 22.3. The summed E-state index contributed by atoms with van der Waals surface area (Å²) in [6.45, 7) is 3.99. The number of non-ortho nitro benzene ring substituents is 1. The lowest BCUT2D eigenvalue weighted by Gasteiger charge is -2.29. The van der Waals surface area contributed by atoms with E-state index in [1.165, 1.54) is 12.1 Å². The average Bonchev–Trinajstić information content (AvgIpc) is 2.76. The minimum Gasteiger partial charge on any atom is -0.381 e. The van der Waals surface area contributed by atoms with Crippen molar-refractivity contribution in [2.75, 3.05) is 43.9 Å². The van der Waals surface area contributed by atoms with Gasteiger partial charge in [-0.25, -0.2) is 13.6 Å². The molecule has 1 aliphatic heterocycles. The van der Waals surface area contributed by atoms with Gasteiger partial charge in [-0.2, -0.15) is 0 Å². The Morgan fingerprint density at radius 2 is 1.90 bits per heavy atom. The highest BCUT2D eigenvalue weighted by atomic mass is 32.2. The van der Waals surface area contributed by atoms with Gasteiger partial charge < -0.3 is 10.1 Å². The summed E-state index contributed by atoms with van der Waals surface area (Å²) in [4.78, 5) is 13.8. The Balaban J connectivity index is 1.77. The van der Waals surface area contributed by atoms with Crippen LogP contribution in [0.3, 0.4) is 0 Å². The number of ether oxygens (including phenoxy) is 1. The van der Waals surface area contributed by atoms with Crippen LogP contribution in [0.4, 0.5) is 11.4 Å². The number of anilines is 1. The number of nitrogens with zero attached hydrogens (tertiary/aromatic N) is 2. The molecule has 0 saturated carbocycles. The van der Waals surface area contributed by atoms with Crippen LogP contribution < -0.4 is 10.5 Å². The first-order chi connectivity index (χ1) is 14.8. The van der Waals surface area contributed by atoms with Gasteiger partial charge in [0.15, 0.2) is 0 Å². The van der Waals surface area contributed by atoms with Crippen molar-refractivity contribution in [3.8, 4) is 0 Å². The van der Waals surface area contributed by atoms with E-state index in [-0.39, 0.29) is 16.6 Å². The quantitative estimate of drug-likeness (QED) is 0.311. The lowest BCUT2D eigenvalue weighted by Crippen LogP contribution is -2.39. The van der Waals surface area contributed by atoms with E-state index in [9.17, 15) is 18.5 Å². The number of nitrogens with two attached hydrogens (primary N) is 1. The fourth-order valence-electron chi connectivity index (χ4n) is 3.25. The van der Waals surface area contributed by atoms with E-state index in [1.54, 1.807) is 11.8 Å². The number of nitro groups is 1. The van der Waals surface area contributed by atoms with Crippen LogP contribution in [-0.4, -0.2) is 62.9 Å². The predicted molar refractivity (Wildman–Crippen MR) is 121 cm³/mol. The van der Waals surface area contributed by atoms with E-state index in [0.717, 1.165) is 37.0 Å². The molecule has 0 unspecified atom stereocenters. The number of hydrogen-bond acceptors (Lipinski definition) is 8. The van der Waals surface area contributed by atoms with E-state index in [1.807, 2.05) is 30.3 Å². The molecule has 1 atom stereocenters. The summed E-state index contributed by atoms with van der Waals surface area (Å²) in [6.07, 6.45) is 0.785. The molecule has 3 rings (SSSR count). The minimum atomic E-state index is -4.07. The SMILES string of the molecule is NS(=O)(=O)c1cc(N[C@H](CCN2CCOCC2)CSc2ccccc2)cc([N+](=O)[O-])c1. The molecule has 0 aliphatic carbocycles. The van der Waals surface area contributed by atoms with Gasteiger partial charge in [-0.3, -0.25) is 15.0 Å². The average molecular weight is 467 g/mol. The molecule has 0 amide bonds. The first-order valence-corrected chi connectivity index (χ1v) is 12.4. The second-order valence-electron chi connectivity index (χ2n) is 7.23. The predicted octanol–water partition coefficient (Wildman–Crippen LogP) is 2.54. The van der Waals surface area contributed by atoms with Crippen LogP contribution in [0.15, 0.2) is 58.3 Å². The van der Waals surface area contributed by atoms with E-state index >= 15 is 0 Å².